The number of carbonyl (C=O) groups is 2. The van der Waals surface area contributed by atoms with E-state index in [0.29, 0.717) is 0 Å². The maximum absolute atomic E-state index is 13.0. The number of hydrogen-bond donors (Lipinski definition) is 1. The third-order valence-electron chi connectivity index (χ3n) is 3.72. The third kappa shape index (κ3) is 4.99. The molecule has 0 radical (unpaired) electrons. The summed E-state index contributed by atoms with van der Waals surface area (Å²) in [7, 11) is 1.38. The van der Waals surface area contributed by atoms with Gasteiger partial charge >= 0.3 is 12.1 Å². The summed E-state index contributed by atoms with van der Waals surface area (Å²) in [5.41, 5.74) is -0.505. The molecule has 0 fully saturated rings. The molecule has 0 spiro atoms. The summed E-state index contributed by atoms with van der Waals surface area (Å²) in [5, 5.41) is 2.15. The van der Waals surface area contributed by atoms with E-state index in [1.807, 2.05) is 0 Å². The fraction of sp³-hybridized carbons (Fsp3) is 0.263. The Bertz CT molecular complexity index is 849. The molecule has 0 aromatic heterocycles. The van der Waals surface area contributed by atoms with Gasteiger partial charge in [-0.25, -0.2) is 4.79 Å². The smallest absolute Gasteiger partial charge is 0.418 e. The molecule has 2 aromatic rings. The van der Waals surface area contributed by atoms with Crippen molar-refractivity contribution in [3.8, 4) is 5.75 Å². The first-order chi connectivity index (χ1) is 12.6. The molecular weight excluding hydrogens is 363 g/mol. The third-order valence-corrected chi connectivity index (χ3v) is 3.72. The van der Waals surface area contributed by atoms with E-state index in [1.54, 1.807) is 19.1 Å². The minimum absolute atomic E-state index is 0.118. The quantitative estimate of drug-likeness (QED) is 0.789. The molecule has 1 atom stereocenters. The highest BCUT2D eigenvalue weighted by Crippen LogP contribution is 2.34. The predicted octanol–water partition coefficient (Wildman–Crippen LogP) is 4.21. The van der Waals surface area contributed by atoms with Crippen LogP contribution in [0.5, 0.6) is 5.75 Å². The minimum atomic E-state index is -4.63. The van der Waals surface area contributed by atoms with Gasteiger partial charge in [0.15, 0.2) is 6.10 Å². The SMILES string of the molecule is COc1ccc(C)cc1C(=O)O[C@H](C)C(=O)Nc1ccccc1C(F)(F)F. The van der Waals surface area contributed by atoms with E-state index in [0.717, 1.165) is 17.7 Å². The van der Waals surface area contributed by atoms with Crippen LogP contribution in [0.3, 0.4) is 0 Å². The molecule has 1 amide bonds. The Morgan fingerprint density at radius 3 is 2.41 bits per heavy atom. The monoisotopic (exact) mass is 381 g/mol. The number of halogens is 3. The van der Waals surface area contributed by atoms with Gasteiger partial charge in [0.2, 0.25) is 0 Å². The highest BCUT2D eigenvalue weighted by Gasteiger charge is 2.34. The van der Waals surface area contributed by atoms with Crippen molar-refractivity contribution in [2.75, 3.05) is 12.4 Å². The summed E-state index contributed by atoms with van der Waals surface area (Å²) in [6.07, 6.45) is -5.94. The Hall–Kier alpha value is -3.03. The molecule has 1 N–H and O–H groups in total. The summed E-state index contributed by atoms with van der Waals surface area (Å²) in [6, 6.07) is 9.40. The summed E-state index contributed by atoms with van der Waals surface area (Å²) >= 11 is 0. The molecule has 8 heteroatoms. The normalized spacial score (nSPS) is 12.2. The van der Waals surface area contributed by atoms with E-state index in [2.05, 4.69) is 5.32 Å². The van der Waals surface area contributed by atoms with Crippen LogP contribution in [0, 0.1) is 6.92 Å². The van der Waals surface area contributed by atoms with Gasteiger partial charge in [0.1, 0.15) is 11.3 Å². The number of nitrogens with one attached hydrogen (secondary N) is 1. The fourth-order valence-electron chi connectivity index (χ4n) is 2.33. The van der Waals surface area contributed by atoms with E-state index >= 15 is 0 Å². The lowest BCUT2D eigenvalue weighted by atomic mass is 10.1. The average Bonchev–Trinajstić information content (AvgIpc) is 2.61. The second kappa shape index (κ2) is 8.11. The van der Waals surface area contributed by atoms with Crippen LogP contribution in [0.4, 0.5) is 18.9 Å². The number of esters is 1. The molecule has 0 unspecified atom stereocenters. The number of para-hydroxylation sites is 1. The number of aryl methyl sites for hydroxylation is 1. The largest absolute Gasteiger partial charge is 0.496 e. The van der Waals surface area contributed by atoms with Crippen molar-refractivity contribution >= 4 is 17.6 Å². The van der Waals surface area contributed by atoms with Gasteiger partial charge in [-0.05, 0) is 38.1 Å². The summed E-state index contributed by atoms with van der Waals surface area (Å²) in [4.78, 5) is 24.5. The summed E-state index contributed by atoms with van der Waals surface area (Å²) in [6.45, 7) is 3.03. The molecule has 0 saturated heterocycles. The van der Waals surface area contributed by atoms with Crippen molar-refractivity contribution in [2.45, 2.75) is 26.1 Å². The number of amides is 1. The van der Waals surface area contributed by atoms with Gasteiger partial charge in [-0.1, -0.05) is 23.8 Å². The Balaban J connectivity index is 2.13. The van der Waals surface area contributed by atoms with Crippen LogP contribution in [-0.2, 0) is 15.7 Å². The maximum Gasteiger partial charge on any atom is 0.418 e. The lowest BCUT2D eigenvalue weighted by molar-refractivity contribution is -0.137. The van der Waals surface area contributed by atoms with Gasteiger partial charge in [-0.15, -0.1) is 0 Å². The molecule has 0 aliphatic rings. The molecule has 0 heterocycles. The summed E-state index contributed by atoms with van der Waals surface area (Å²) in [5.74, 6) is -1.44. The Morgan fingerprint density at radius 1 is 1.11 bits per heavy atom. The fourth-order valence-corrected chi connectivity index (χ4v) is 2.33. The first-order valence-electron chi connectivity index (χ1n) is 7.96. The van der Waals surface area contributed by atoms with Gasteiger partial charge in [-0.2, -0.15) is 13.2 Å². The van der Waals surface area contributed by atoms with Gasteiger partial charge in [0, 0.05) is 0 Å². The number of alkyl halides is 3. The molecule has 144 valence electrons. The Kier molecular flexibility index (Phi) is 6.09. The lowest BCUT2D eigenvalue weighted by Crippen LogP contribution is -2.31. The van der Waals surface area contributed by atoms with Gasteiger partial charge in [0.05, 0.1) is 18.4 Å². The number of benzene rings is 2. The number of rotatable bonds is 5. The standard InChI is InChI=1S/C19H18F3NO4/c1-11-8-9-16(26-3)13(10-11)18(25)27-12(2)17(24)23-15-7-5-4-6-14(15)19(20,21)22/h4-10,12H,1-3H3,(H,23,24)/t12-/m1/s1. The second-order valence-corrected chi connectivity index (χ2v) is 5.78. The van der Waals surface area contributed by atoms with Crippen molar-refractivity contribution in [1.29, 1.82) is 0 Å². The van der Waals surface area contributed by atoms with Crippen molar-refractivity contribution in [2.24, 2.45) is 0 Å². The Labute approximate surface area is 154 Å². The van der Waals surface area contributed by atoms with Crippen LogP contribution in [0.15, 0.2) is 42.5 Å². The zero-order chi connectivity index (χ0) is 20.2. The van der Waals surface area contributed by atoms with E-state index in [1.165, 1.54) is 32.2 Å². The highest BCUT2D eigenvalue weighted by atomic mass is 19.4. The highest BCUT2D eigenvalue weighted by molar-refractivity contribution is 5.98. The molecule has 0 saturated carbocycles. The second-order valence-electron chi connectivity index (χ2n) is 5.78. The number of ether oxygens (including phenoxy) is 2. The van der Waals surface area contributed by atoms with Gasteiger partial charge in [0.25, 0.3) is 5.91 Å². The minimum Gasteiger partial charge on any atom is -0.496 e. The number of carbonyl (C=O) groups excluding carboxylic acids is 2. The number of anilines is 1. The van der Waals surface area contributed by atoms with E-state index in [4.69, 9.17) is 9.47 Å². The maximum atomic E-state index is 13.0. The van der Waals surface area contributed by atoms with Crippen LogP contribution >= 0.6 is 0 Å². The molecule has 0 aliphatic heterocycles. The predicted molar refractivity (Wildman–Crippen MR) is 92.7 cm³/mol. The molecular formula is C19H18F3NO4. The van der Waals surface area contributed by atoms with Crippen LogP contribution < -0.4 is 10.1 Å². The molecule has 27 heavy (non-hydrogen) atoms. The van der Waals surface area contributed by atoms with E-state index in [9.17, 15) is 22.8 Å². The molecule has 0 aliphatic carbocycles. The first kappa shape index (κ1) is 20.3. The zero-order valence-corrected chi connectivity index (χ0v) is 14.9. The molecule has 0 bridgehead atoms. The Morgan fingerprint density at radius 2 is 1.78 bits per heavy atom. The van der Waals surface area contributed by atoms with Crippen LogP contribution in [0.2, 0.25) is 0 Å². The first-order valence-corrected chi connectivity index (χ1v) is 7.96. The van der Waals surface area contributed by atoms with Crippen LogP contribution in [0.25, 0.3) is 0 Å². The van der Waals surface area contributed by atoms with Crippen LogP contribution in [0.1, 0.15) is 28.4 Å². The lowest BCUT2D eigenvalue weighted by Gasteiger charge is -2.17. The number of methoxy groups -OCH3 is 1. The summed E-state index contributed by atoms with van der Waals surface area (Å²) < 4.78 is 49.2. The molecule has 5 nitrogen and oxygen atoms in total. The van der Waals surface area contributed by atoms with Crippen LogP contribution in [-0.4, -0.2) is 25.1 Å². The van der Waals surface area contributed by atoms with Crippen molar-refractivity contribution in [3.63, 3.8) is 0 Å². The van der Waals surface area contributed by atoms with E-state index < -0.39 is 35.4 Å². The van der Waals surface area contributed by atoms with E-state index in [-0.39, 0.29) is 11.3 Å². The number of hydrogen-bond acceptors (Lipinski definition) is 4. The van der Waals surface area contributed by atoms with Crippen molar-refractivity contribution in [3.05, 3.63) is 59.2 Å². The molecule has 2 rings (SSSR count). The molecule has 2 aromatic carbocycles. The average molecular weight is 381 g/mol. The van der Waals surface area contributed by atoms with Crippen molar-refractivity contribution < 1.29 is 32.2 Å². The topological polar surface area (TPSA) is 64.6 Å². The van der Waals surface area contributed by atoms with Crippen molar-refractivity contribution in [1.82, 2.24) is 0 Å². The van der Waals surface area contributed by atoms with Gasteiger partial charge in [-0.3, -0.25) is 4.79 Å². The zero-order valence-electron chi connectivity index (χ0n) is 14.9. The van der Waals surface area contributed by atoms with Gasteiger partial charge < -0.3 is 14.8 Å².